The second-order valence-electron chi connectivity index (χ2n) is 6.39. The van der Waals surface area contributed by atoms with Gasteiger partial charge in [0, 0.05) is 36.4 Å². The van der Waals surface area contributed by atoms with Crippen molar-refractivity contribution in [3.8, 4) is 0 Å². The van der Waals surface area contributed by atoms with Crippen LogP contribution in [0.3, 0.4) is 0 Å². The first-order valence-electron chi connectivity index (χ1n) is 8.59. The van der Waals surface area contributed by atoms with Crippen LogP contribution in [0.25, 0.3) is 0 Å². The van der Waals surface area contributed by atoms with Crippen LogP contribution < -0.4 is 5.32 Å². The number of nitrogens with zero attached hydrogens (tertiary/aromatic N) is 3. The van der Waals surface area contributed by atoms with E-state index in [1.807, 2.05) is 47.4 Å². The Morgan fingerprint density at radius 3 is 3.00 bits per heavy atom. The maximum Gasteiger partial charge on any atom is 0.251 e. The van der Waals surface area contributed by atoms with Gasteiger partial charge in [-0.3, -0.25) is 14.5 Å². The first-order valence-corrected chi connectivity index (χ1v) is 8.59. The summed E-state index contributed by atoms with van der Waals surface area (Å²) in [6, 6.07) is 11.7. The van der Waals surface area contributed by atoms with Gasteiger partial charge in [0.25, 0.3) is 5.91 Å². The highest BCUT2D eigenvalue weighted by atomic mass is 16.1. The van der Waals surface area contributed by atoms with E-state index in [2.05, 4.69) is 21.5 Å². The highest BCUT2D eigenvalue weighted by Gasteiger charge is 2.13. The van der Waals surface area contributed by atoms with Crippen LogP contribution in [0, 0.1) is 0 Å². The molecule has 1 aromatic carbocycles. The Morgan fingerprint density at radius 1 is 1.16 bits per heavy atom. The van der Waals surface area contributed by atoms with Crippen molar-refractivity contribution in [2.24, 2.45) is 0 Å². The van der Waals surface area contributed by atoms with E-state index in [4.69, 9.17) is 0 Å². The lowest BCUT2D eigenvalue weighted by molar-refractivity contribution is 0.0950. The van der Waals surface area contributed by atoms with Crippen molar-refractivity contribution < 1.29 is 4.79 Å². The largest absolute Gasteiger partial charge is 0.348 e. The smallest absolute Gasteiger partial charge is 0.251 e. The van der Waals surface area contributed by atoms with Crippen molar-refractivity contribution in [2.75, 3.05) is 0 Å². The average Bonchev–Trinajstić information content (AvgIpc) is 3.31. The molecule has 2 aromatic heterocycles. The first kappa shape index (κ1) is 15.6. The Hall–Kier alpha value is -2.95. The quantitative estimate of drug-likeness (QED) is 0.781. The minimum absolute atomic E-state index is 0.0668. The van der Waals surface area contributed by atoms with Crippen LogP contribution in [-0.4, -0.2) is 20.7 Å². The second-order valence-corrected chi connectivity index (χ2v) is 6.39. The molecular formula is C20H20N4O. The molecule has 3 aromatic rings. The van der Waals surface area contributed by atoms with Crippen molar-refractivity contribution in [1.29, 1.82) is 0 Å². The van der Waals surface area contributed by atoms with E-state index in [1.165, 1.54) is 17.7 Å². The van der Waals surface area contributed by atoms with Crippen LogP contribution >= 0.6 is 0 Å². The molecule has 1 aliphatic carbocycles. The lowest BCUT2D eigenvalue weighted by Crippen LogP contribution is -2.23. The molecule has 0 saturated carbocycles. The summed E-state index contributed by atoms with van der Waals surface area (Å²) in [6.45, 7) is 1.16. The molecule has 5 heteroatoms. The number of aromatic nitrogens is 3. The third kappa shape index (κ3) is 3.60. The number of benzene rings is 1. The molecule has 2 heterocycles. The summed E-state index contributed by atoms with van der Waals surface area (Å²) >= 11 is 0. The molecular weight excluding hydrogens is 312 g/mol. The minimum Gasteiger partial charge on any atom is -0.348 e. The molecule has 0 radical (unpaired) electrons. The molecule has 0 spiro atoms. The minimum atomic E-state index is -0.0668. The lowest BCUT2D eigenvalue weighted by Gasteiger charge is -2.08. The van der Waals surface area contributed by atoms with Crippen LogP contribution in [-0.2, 0) is 25.9 Å². The number of pyridine rings is 1. The van der Waals surface area contributed by atoms with Crippen LogP contribution in [0.15, 0.2) is 55.0 Å². The zero-order valence-corrected chi connectivity index (χ0v) is 14.0. The molecule has 4 rings (SSSR count). The summed E-state index contributed by atoms with van der Waals surface area (Å²) in [6.07, 6.45) is 8.89. The number of fused-ring (bicyclic) bond motifs is 1. The summed E-state index contributed by atoms with van der Waals surface area (Å²) in [5.41, 5.74) is 5.31. The summed E-state index contributed by atoms with van der Waals surface area (Å²) in [5.74, 6) is -0.0668. The highest BCUT2D eigenvalue weighted by Crippen LogP contribution is 2.20. The predicted molar refractivity (Wildman–Crippen MR) is 95.2 cm³/mol. The summed E-state index contributed by atoms with van der Waals surface area (Å²) in [4.78, 5) is 17.0. The van der Waals surface area contributed by atoms with E-state index in [0.29, 0.717) is 18.7 Å². The van der Waals surface area contributed by atoms with Gasteiger partial charge < -0.3 is 5.32 Å². The standard InChI is InChI=1S/C20H20N4O/c25-20(22-13-16-11-17-5-2-7-19(17)21-12-16)18-6-1-4-15(10-18)14-24-9-3-8-23-24/h1,3-4,6,8-12H,2,5,7,13-14H2,(H,22,25). The van der Waals surface area contributed by atoms with Crippen LogP contribution in [0.5, 0.6) is 0 Å². The number of carbonyl (C=O) groups excluding carboxylic acids is 1. The molecule has 1 N–H and O–H groups in total. The number of rotatable bonds is 5. The zero-order chi connectivity index (χ0) is 17.1. The summed E-state index contributed by atoms with van der Waals surface area (Å²) in [5, 5.41) is 7.19. The van der Waals surface area contributed by atoms with Crippen LogP contribution in [0.2, 0.25) is 0 Å². The van der Waals surface area contributed by atoms with E-state index >= 15 is 0 Å². The predicted octanol–water partition coefficient (Wildman–Crippen LogP) is 2.75. The van der Waals surface area contributed by atoms with E-state index in [-0.39, 0.29) is 5.91 Å². The molecule has 0 atom stereocenters. The topological polar surface area (TPSA) is 59.8 Å². The Kier molecular flexibility index (Phi) is 4.29. The molecule has 0 saturated heterocycles. The zero-order valence-electron chi connectivity index (χ0n) is 14.0. The van der Waals surface area contributed by atoms with Gasteiger partial charge in [-0.2, -0.15) is 5.10 Å². The van der Waals surface area contributed by atoms with Crippen molar-refractivity contribution in [2.45, 2.75) is 32.4 Å². The fourth-order valence-corrected chi connectivity index (χ4v) is 3.25. The molecule has 1 aliphatic rings. The maximum atomic E-state index is 12.5. The van der Waals surface area contributed by atoms with Gasteiger partial charge in [-0.05, 0) is 54.2 Å². The molecule has 5 nitrogen and oxygen atoms in total. The Bertz CT molecular complexity index is 886. The second kappa shape index (κ2) is 6.89. The third-order valence-corrected chi connectivity index (χ3v) is 4.52. The van der Waals surface area contributed by atoms with E-state index in [9.17, 15) is 4.79 Å². The molecule has 0 unspecified atom stereocenters. The Labute approximate surface area is 146 Å². The lowest BCUT2D eigenvalue weighted by atomic mass is 10.1. The van der Waals surface area contributed by atoms with E-state index < -0.39 is 0 Å². The first-order chi connectivity index (χ1) is 12.3. The number of carbonyl (C=O) groups is 1. The van der Waals surface area contributed by atoms with Gasteiger partial charge in [-0.15, -0.1) is 0 Å². The molecule has 0 bridgehead atoms. The normalized spacial score (nSPS) is 12.8. The van der Waals surface area contributed by atoms with Crippen LogP contribution in [0.4, 0.5) is 0 Å². The Morgan fingerprint density at radius 2 is 2.12 bits per heavy atom. The highest BCUT2D eigenvalue weighted by molar-refractivity contribution is 5.94. The van der Waals surface area contributed by atoms with Gasteiger partial charge >= 0.3 is 0 Å². The van der Waals surface area contributed by atoms with Crippen molar-refractivity contribution >= 4 is 5.91 Å². The summed E-state index contributed by atoms with van der Waals surface area (Å²) in [7, 11) is 0. The van der Waals surface area contributed by atoms with Crippen LogP contribution in [0.1, 0.15) is 39.2 Å². The van der Waals surface area contributed by atoms with E-state index in [0.717, 1.165) is 24.0 Å². The van der Waals surface area contributed by atoms with Crippen molar-refractivity contribution in [3.63, 3.8) is 0 Å². The van der Waals surface area contributed by atoms with Gasteiger partial charge in [0.05, 0.1) is 6.54 Å². The number of nitrogens with one attached hydrogen (secondary N) is 1. The van der Waals surface area contributed by atoms with Crippen molar-refractivity contribution in [1.82, 2.24) is 20.1 Å². The molecule has 0 aliphatic heterocycles. The number of amides is 1. The van der Waals surface area contributed by atoms with Gasteiger partial charge in [-0.25, -0.2) is 0 Å². The Balaban J connectivity index is 1.41. The monoisotopic (exact) mass is 332 g/mol. The van der Waals surface area contributed by atoms with Crippen molar-refractivity contribution in [3.05, 3.63) is 82.9 Å². The molecule has 25 heavy (non-hydrogen) atoms. The fourth-order valence-electron chi connectivity index (χ4n) is 3.25. The molecule has 1 amide bonds. The number of aryl methyl sites for hydroxylation is 2. The fraction of sp³-hybridized carbons (Fsp3) is 0.250. The summed E-state index contributed by atoms with van der Waals surface area (Å²) < 4.78 is 1.84. The number of hydrogen-bond donors (Lipinski definition) is 1. The average molecular weight is 332 g/mol. The van der Waals surface area contributed by atoms with Gasteiger partial charge in [0.2, 0.25) is 0 Å². The van der Waals surface area contributed by atoms with Gasteiger partial charge in [0.1, 0.15) is 0 Å². The molecule has 0 fully saturated rings. The SMILES string of the molecule is O=C(NCc1cnc2c(c1)CCC2)c1cccc(Cn2cccn2)c1. The number of hydrogen-bond acceptors (Lipinski definition) is 3. The maximum absolute atomic E-state index is 12.5. The third-order valence-electron chi connectivity index (χ3n) is 4.52. The van der Waals surface area contributed by atoms with Gasteiger partial charge in [0.15, 0.2) is 0 Å². The molecule has 126 valence electrons. The van der Waals surface area contributed by atoms with Gasteiger partial charge in [-0.1, -0.05) is 18.2 Å². The van der Waals surface area contributed by atoms with E-state index in [1.54, 1.807) is 6.20 Å².